The highest BCUT2D eigenvalue weighted by molar-refractivity contribution is 5.91. The molecule has 1 rings (SSSR count). The number of benzene rings is 1. The molecule has 0 saturated heterocycles. The molecule has 4 heteroatoms. The monoisotopic (exact) mass is 250 g/mol. The molecular formula is C14H22N2O2. The summed E-state index contributed by atoms with van der Waals surface area (Å²) in [6, 6.07) is 7.30. The lowest BCUT2D eigenvalue weighted by Gasteiger charge is -2.11. The van der Waals surface area contributed by atoms with Crippen LogP contribution in [-0.4, -0.2) is 18.6 Å². The number of rotatable bonds is 7. The average Bonchev–Trinajstić information content (AvgIpc) is 2.29. The number of amides is 1. The molecule has 0 aliphatic rings. The molecule has 0 saturated carbocycles. The SMILES string of the molecule is CCCC(N)CC(=O)Nc1cccc(OCC)c1. The second-order valence-electron chi connectivity index (χ2n) is 4.26. The standard InChI is InChI=1S/C14H22N2O2/c1-3-6-11(15)9-14(17)16-12-7-5-8-13(10-12)18-4-2/h5,7-8,10-11H,3-4,6,9,15H2,1-2H3,(H,16,17). The van der Waals surface area contributed by atoms with Crippen molar-refractivity contribution >= 4 is 11.6 Å². The maximum Gasteiger partial charge on any atom is 0.225 e. The van der Waals surface area contributed by atoms with Gasteiger partial charge in [-0.05, 0) is 25.5 Å². The van der Waals surface area contributed by atoms with Crippen LogP contribution in [0, 0.1) is 0 Å². The first-order valence-corrected chi connectivity index (χ1v) is 6.44. The quantitative estimate of drug-likeness (QED) is 0.781. The van der Waals surface area contributed by atoms with Crippen molar-refractivity contribution in [2.75, 3.05) is 11.9 Å². The molecule has 0 aliphatic heterocycles. The van der Waals surface area contributed by atoms with Gasteiger partial charge in [0, 0.05) is 24.2 Å². The fourth-order valence-corrected chi connectivity index (χ4v) is 1.75. The van der Waals surface area contributed by atoms with Crippen LogP contribution in [0.25, 0.3) is 0 Å². The number of hydrogen-bond acceptors (Lipinski definition) is 3. The Bertz CT molecular complexity index is 380. The zero-order valence-electron chi connectivity index (χ0n) is 11.1. The summed E-state index contributed by atoms with van der Waals surface area (Å²) in [5.74, 6) is 0.706. The summed E-state index contributed by atoms with van der Waals surface area (Å²) in [6.07, 6.45) is 2.22. The molecule has 100 valence electrons. The minimum absolute atomic E-state index is 0.0513. The minimum Gasteiger partial charge on any atom is -0.494 e. The number of ether oxygens (including phenoxy) is 1. The fraction of sp³-hybridized carbons (Fsp3) is 0.500. The molecule has 3 N–H and O–H groups in total. The van der Waals surface area contributed by atoms with Crippen LogP contribution in [0.4, 0.5) is 5.69 Å². The van der Waals surface area contributed by atoms with E-state index in [1.807, 2.05) is 31.2 Å². The summed E-state index contributed by atoms with van der Waals surface area (Å²) in [4.78, 5) is 11.7. The van der Waals surface area contributed by atoms with Gasteiger partial charge in [0.05, 0.1) is 6.61 Å². The van der Waals surface area contributed by atoms with Crippen LogP contribution in [0.15, 0.2) is 24.3 Å². The highest BCUT2D eigenvalue weighted by Crippen LogP contribution is 2.17. The van der Waals surface area contributed by atoms with Gasteiger partial charge in [0.1, 0.15) is 5.75 Å². The van der Waals surface area contributed by atoms with Crippen molar-refractivity contribution in [1.82, 2.24) is 0 Å². The van der Waals surface area contributed by atoms with Gasteiger partial charge in [-0.2, -0.15) is 0 Å². The summed E-state index contributed by atoms with van der Waals surface area (Å²) < 4.78 is 5.37. The van der Waals surface area contributed by atoms with Crippen molar-refractivity contribution in [1.29, 1.82) is 0 Å². The molecule has 0 bridgehead atoms. The number of carbonyl (C=O) groups excluding carboxylic acids is 1. The van der Waals surface area contributed by atoms with Gasteiger partial charge in [0.15, 0.2) is 0 Å². The lowest BCUT2D eigenvalue weighted by molar-refractivity contribution is -0.116. The maximum absolute atomic E-state index is 11.7. The van der Waals surface area contributed by atoms with E-state index in [0.717, 1.165) is 24.3 Å². The van der Waals surface area contributed by atoms with E-state index in [-0.39, 0.29) is 11.9 Å². The Kier molecular flexibility index (Phi) is 6.22. The maximum atomic E-state index is 11.7. The Hall–Kier alpha value is -1.55. The molecule has 1 aromatic carbocycles. The molecule has 0 spiro atoms. The third-order valence-corrected chi connectivity index (χ3v) is 2.54. The molecule has 1 aromatic rings. The third kappa shape index (κ3) is 5.19. The zero-order valence-corrected chi connectivity index (χ0v) is 11.1. The van der Waals surface area contributed by atoms with E-state index in [4.69, 9.17) is 10.5 Å². The summed E-state index contributed by atoms with van der Waals surface area (Å²) >= 11 is 0. The van der Waals surface area contributed by atoms with Crippen molar-refractivity contribution in [2.45, 2.75) is 39.2 Å². The summed E-state index contributed by atoms with van der Waals surface area (Å²) in [5.41, 5.74) is 6.58. The molecule has 18 heavy (non-hydrogen) atoms. The van der Waals surface area contributed by atoms with Crippen LogP contribution in [-0.2, 0) is 4.79 Å². The third-order valence-electron chi connectivity index (χ3n) is 2.54. The summed E-state index contributed by atoms with van der Waals surface area (Å²) in [5, 5.41) is 2.83. The van der Waals surface area contributed by atoms with E-state index in [9.17, 15) is 4.79 Å². The number of hydrogen-bond donors (Lipinski definition) is 2. The summed E-state index contributed by atoms with van der Waals surface area (Å²) in [6.45, 7) is 4.59. The predicted octanol–water partition coefficient (Wildman–Crippen LogP) is 2.54. The first kappa shape index (κ1) is 14.5. The van der Waals surface area contributed by atoms with Crippen LogP contribution in [0.5, 0.6) is 5.75 Å². The van der Waals surface area contributed by atoms with Gasteiger partial charge in [-0.3, -0.25) is 4.79 Å². The van der Waals surface area contributed by atoms with E-state index in [1.54, 1.807) is 0 Å². The highest BCUT2D eigenvalue weighted by Gasteiger charge is 2.09. The van der Waals surface area contributed by atoms with E-state index >= 15 is 0 Å². The Labute approximate surface area is 109 Å². The van der Waals surface area contributed by atoms with Gasteiger partial charge >= 0.3 is 0 Å². The van der Waals surface area contributed by atoms with Gasteiger partial charge in [-0.1, -0.05) is 19.4 Å². The van der Waals surface area contributed by atoms with E-state index in [2.05, 4.69) is 12.2 Å². The Morgan fingerprint density at radius 3 is 2.89 bits per heavy atom. The zero-order chi connectivity index (χ0) is 13.4. The molecular weight excluding hydrogens is 228 g/mol. The topological polar surface area (TPSA) is 64.4 Å². The van der Waals surface area contributed by atoms with Crippen molar-refractivity contribution in [3.8, 4) is 5.75 Å². The average molecular weight is 250 g/mol. The van der Waals surface area contributed by atoms with Gasteiger partial charge < -0.3 is 15.8 Å². The van der Waals surface area contributed by atoms with Crippen molar-refractivity contribution in [3.05, 3.63) is 24.3 Å². The molecule has 4 nitrogen and oxygen atoms in total. The molecule has 0 fully saturated rings. The molecule has 0 heterocycles. The summed E-state index contributed by atoms with van der Waals surface area (Å²) in [7, 11) is 0. The van der Waals surface area contributed by atoms with Crippen LogP contribution >= 0.6 is 0 Å². The molecule has 1 unspecified atom stereocenters. The second-order valence-corrected chi connectivity index (χ2v) is 4.26. The lowest BCUT2D eigenvalue weighted by atomic mass is 10.1. The van der Waals surface area contributed by atoms with Crippen molar-refractivity contribution < 1.29 is 9.53 Å². The molecule has 0 aliphatic carbocycles. The molecule has 1 atom stereocenters. The lowest BCUT2D eigenvalue weighted by Crippen LogP contribution is -2.26. The Morgan fingerprint density at radius 2 is 2.22 bits per heavy atom. The van der Waals surface area contributed by atoms with E-state index < -0.39 is 0 Å². The molecule has 0 radical (unpaired) electrons. The predicted molar refractivity (Wildman–Crippen MR) is 73.7 cm³/mol. The molecule has 0 aromatic heterocycles. The van der Waals surface area contributed by atoms with Crippen LogP contribution in [0.3, 0.4) is 0 Å². The van der Waals surface area contributed by atoms with Gasteiger partial charge in [0.25, 0.3) is 0 Å². The van der Waals surface area contributed by atoms with Crippen LogP contribution in [0.2, 0.25) is 0 Å². The van der Waals surface area contributed by atoms with Gasteiger partial charge in [-0.25, -0.2) is 0 Å². The fourth-order valence-electron chi connectivity index (χ4n) is 1.75. The Morgan fingerprint density at radius 1 is 1.44 bits per heavy atom. The van der Waals surface area contributed by atoms with Gasteiger partial charge in [0.2, 0.25) is 5.91 Å². The van der Waals surface area contributed by atoms with Crippen LogP contribution < -0.4 is 15.8 Å². The largest absolute Gasteiger partial charge is 0.494 e. The first-order valence-electron chi connectivity index (χ1n) is 6.44. The number of nitrogens with two attached hydrogens (primary N) is 1. The second kappa shape index (κ2) is 7.71. The molecule has 1 amide bonds. The van der Waals surface area contributed by atoms with Crippen molar-refractivity contribution in [2.24, 2.45) is 5.73 Å². The minimum atomic E-state index is -0.0647. The number of anilines is 1. The Balaban J connectivity index is 2.50. The normalized spacial score (nSPS) is 11.9. The van der Waals surface area contributed by atoms with Crippen LogP contribution in [0.1, 0.15) is 33.1 Å². The number of nitrogens with one attached hydrogen (secondary N) is 1. The smallest absolute Gasteiger partial charge is 0.225 e. The van der Waals surface area contributed by atoms with Gasteiger partial charge in [-0.15, -0.1) is 0 Å². The first-order chi connectivity index (χ1) is 8.65. The van der Waals surface area contributed by atoms with E-state index in [1.165, 1.54) is 0 Å². The number of carbonyl (C=O) groups is 1. The highest BCUT2D eigenvalue weighted by atomic mass is 16.5. The van der Waals surface area contributed by atoms with Crippen molar-refractivity contribution in [3.63, 3.8) is 0 Å². The van der Waals surface area contributed by atoms with E-state index in [0.29, 0.717) is 13.0 Å².